The molecule has 2 heterocycles. The van der Waals surface area contributed by atoms with E-state index in [1.807, 2.05) is 41.7 Å². The van der Waals surface area contributed by atoms with Gasteiger partial charge in [0.2, 0.25) is 0 Å². The van der Waals surface area contributed by atoms with Crippen LogP contribution in [0.2, 0.25) is 0 Å². The molecule has 0 atom stereocenters. The number of aromatic nitrogens is 2. The van der Waals surface area contributed by atoms with E-state index in [4.69, 9.17) is 0 Å². The maximum Gasteiger partial charge on any atom is 0.309 e. The predicted molar refractivity (Wildman–Crippen MR) is 90.8 cm³/mol. The molecule has 3 rings (SSSR count). The molecule has 0 aliphatic carbocycles. The van der Waals surface area contributed by atoms with Gasteiger partial charge in [0.15, 0.2) is 0 Å². The molecule has 1 aromatic carbocycles. The zero-order valence-electron chi connectivity index (χ0n) is 13.6. The highest BCUT2D eigenvalue weighted by atomic mass is 16.4. The molecule has 0 saturated carbocycles. The van der Waals surface area contributed by atoms with Gasteiger partial charge in [-0.15, -0.1) is 0 Å². The lowest BCUT2D eigenvalue weighted by molar-refractivity contribution is -0.136. The molecule has 0 aliphatic rings. The number of imidazole rings is 1. The fourth-order valence-corrected chi connectivity index (χ4v) is 2.89. The third-order valence-electron chi connectivity index (χ3n) is 4.10. The number of benzene rings is 1. The van der Waals surface area contributed by atoms with Crippen LogP contribution in [0.1, 0.15) is 36.7 Å². The summed E-state index contributed by atoms with van der Waals surface area (Å²) in [5.74, 6) is -0.388. The van der Waals surface area contributed by atoms with Crippen molar-refractivity contribution in [2.75, 3.05) is 0 Å². The summed E-state index contributed by atoms with van der Waals surface area (Å²) in [6.07, 6.45) is -0.0483. The first-order chi connectivity index (χ1) is 11.0. The van der Waals surface area contributed by atoms with E-state index in [1.165, 1.54) is 5.56 Å². The van der Waals surface area contributed by atoms with Gasteiger partial charge >= 0.3 is 5.97 Å². The van der Waals surface area contributed by atoms with Gasteiger partial charge < -0.3 is 9.51 Å². The van der Waals surface area contributed by atoms with E-state index in [0.717, 1.165) is 28.3 Å². The number of pyridine rings is 1. The summed E-state index contributed by atoms with van der Waals surface area (Å²) in [4.78, 5) is 16.0. The molecule has 2 aromatic heterocycles. The van der Waals surface area contributed by atoms with Crippen molar-refractivity contribution >= 4 is 11.6 Å². The SMILES string of the molecule is Cc1cccc2nc(-c3ccc(C(C)C)cc3)c(CC(=O)O)n12. The molecule has 3 aromatic rings. The fraction of sp³-hybridized carbons (Fsp3) is 0.263. The Morgan fingerprint density at radius 2 is 1.87 bits per heavy atom. The first-order valence-electron chi connectivity index (χ1n) is 7.76. The molecule has 0 radical (unpaired) electrons. The molecule has 4 nitrogen and oxygen atoms in total. The summed E-state index contributed by atoms with van der Waals surface area (Å²) in [5.41, 5.74) is 5.45. The third kappa shape index (κ3) is 2.84. The van der Waals surface area contributed by atoms with Gasteiger partial charge in [-0.25, -0.2) is 4.98 Å². The van der Waals surface area contributed by atoms with Crippen LogP contribution in [0, 0.1) is 6.92 Å². The molecule has 0 saturated heterocycles. The van der Waals surface area contributed by atoms with Crippen molar-refractivity contribution in [2.45, 2.75) is 33.1 Å². The maximum atomic E-state index is 11.3. The maximum absolute atomic E-state index is 11.3. The van der Waals surface area contributed by atoms with E-state index >= 15 is 0 Å². The van der Waals surface area contributed by atoms with Crippen LogP contribution in [0.3, 0.4) is 0 Å². The van der Waals surface area contributed by atoms with Crippen molar-refractivity contribution in [3.05, 3.63) is 59.4 Å². The molecule has 0 amide bonds. The summed E-state index contributed by atoms with van der Waals surface area (Å²) >= 11 is 0. The number of rotatable bonds is 4. The molecular formula is C19H20N2O2. The summed E-state index contributed by atoms with van der Waals surface area (Å²) < 4.78 is 1.93. The monoisotopic (exact) mass is 308 g/mol. The highest BCUT2D eigenvalue weighted by Crippen LogP contribution is 2.27. The van der Waals surface area contributed by atoms with E-state index in [9.17, 15) is 9.90 Å². The summed E-state index contributed by atoms with van der Waals surface area (Å²) in [6, 6.07) is 14.0. The van der Waals surface area contributed by atoms with E-state index in [1.54, 1.807) is 0 Å². The largest absolute Gasteiger partial charge is 0.481 e. The van der Waals surface area contributed by atoms with Crippen molar-refractivity contribution in [3.8, 4) is 11.3 Å². The Balaban J connectivity index is 2.19. The lowest BCUT2D eigenvalue weighted by Crippen LogP contribution is -2.06. The van der Waals surface area contributed by atoms with E-state index in [-0.39, 0.29) is 6.42 Å². The van der Waals surface area contributed by atoms with E-state index in [2.05, 4.69) is 31.0 Å². The minimum Gasteiger partial charge on any atom is -0.481 e. The number of carboxylic acid groups (broad SMARTS) is 1. The van der Waals surface area contributed by atoms with Crippen LogP contribution in [-0.2, 0) is 11.2 Å². The lowest BCUT2D eigenvalue weighted by Gasteiger charge is -2.08. The minimum atomic E-state index is -0.852. The van der Waals surface area contributed by atoms with Gasteiger partial charge in [-0.2, -0.15) is 0 Å². The molecule has 118 valence electrons. The van der Waals surface area contributed by atoms with Crippen molar-refractivity contribution < 1.29 is 9.90 Å². The summed E-state index contributed by atoms with van der Waals surface area (Å²) in [7, 11) is 0. The second-order valence-corrected chi connectivity index (χ2v) is 6.12. The van der Waals surface area contributed by atoms with Gasteiger partial charge in [-0.05, 0) is 30.5 Å². The number of nitrogens with zero attached hydrogens (tertiary/aromatic N) is 2. The zero-order chi connectivity index (χ0) is 16.6. The molecule has 0 bridgehead atoms. The van der Waals surface area contributed by atoms with Gasteiger partial charge in [0, 0.05) is 11.3 Å². The van der Waals surface area contributed by atoms with Gasteiger partial charge in [0.1, 0.15) is 5.65 Å². The lowest BCUT2D eigenvalue weighted by atomic mass is 10.00. The average Bonchev–Trinajstić information content (AvgIpc) is 2.86. The number of hydrogen-bond acceptors (Lipinski definition) is 2. The molecule has 0 aliphatic heterocycles. The number of hydrogen-bond donors (Lipinski definition) is 1. The second kappa shape index (κ2) is 5.88. The second-order valence-electron chi connectivity index (χ2n) is 6.12. The summed E-state index contributed by atoms with van der Waals surface area (Å²) in [5, 5.41) is 9.28. The highest BCUT2D eigenvalue weighted by molar-refractivity contribution is 5.76. The quantitative estimate of drug-likeness (QED) is 0.790. The van der Waals surface area contributed by atoms with Crippen LogP contribution in [0.25, 0.3) is 16.9 Å². The van der Waals surface area contributed by atoms with Crippen LogP contribution < -0.4 is 0 Å². The van der Waals surface area contributed by atoms with Crippen LogP contribution in [0.4, 0.5) is 0 Å². The average molecular weight is 308 g/mol. The normalized spacial score (nSPS) is 11.3. The zero-order valence-corrected chi connectivity index (χ0v) is 13.6. The van der Waals surface area contributed by atoms with Crippen LogP contribution in [0.5, 0.6) is 0 Å². The smallest absolute Gasteiger partial charge is 0.309 e. The number of aliphatic carboxylic acids is 1. The Morgan fingerprint density at radius 3 is 2.48 bits per heavy atom. The van der Waals surface area contributed by atoms with E-state index < -0.39 is 5.97 Å². The van der Waals surface area contributed by atoms with Gasteiger partial charge in [-0.1, -0.05) is 44.2 Å². The molecule has 23 heavy (non-hydrogen) atoms. The molecule has 0 unspecified atom stereocenters. The van der Waals surface area contributed by atoms with Crippen molar-refractivity contribution in [2.24, 2.45) is 0 Å². The van der Waals surface area contributed by atoms with E-state index in [0.29, 0.717) is 5.92 Å². The highest BCUT2D eigenvalue weighted by Gasteiger charge is 2.17. The van der Waals surface area contributed by atoms with Gasteiger partial charge in [0.05, 0.1) is 17.8 Å². The number of carbonyl (C=O) groups is 1. The first kappa shape index (κ1) is 15.3. The molecule has 4 heteroatoms. The number of aryl methyl sites for hydroxylation is 1. The Morgan fingerprint density at radius 1 is 1.17 bits per heavy atom. The molecular weight excluding hydrogens is 288 g/mol. The third-order valence-corrected chi connectivity index (χ3v) is 4.10. The Bertz CT molecular complexity index is 861. The molecule has 1 N–H and O–H groups in total. The predicted octanol–water partition coefficient (Wildman–Crippen LogP) is 4.06. The summed E-state index contributed by atoms with van der Waals surface area (Å²) in [6.45, 7) is 6.27. The van der Waals surface area contributed by atoms with Crippen molar-refractivity contribution in [1.29, 1.82) is 0 Å². The number of fused-ring (bicyclic) bond motifs is 1. The molecule has 0 fully saturated rings. The Hall–Kier alpha value is -2.62. The standard InChI is InChI=1S/C19H20N2O2/c1-12(2)14-7-9-15(10-8-14)19-16(11-18(22)23)21-13(3)5-4-6-17(21)20-19/h4-10,12H,11H2,1-3H3,(H,22,23). The Labute approximate surface area is 135 Å². The van der Waals surface area contributed by atoms with Crippen LogP contribution in [0.15, 0.2) is 42.5 Å². The van der Waals surface area contributed by atoms with Crippen molar-refractivity contribution in [1.82, 2.24) is 9.38 Å². The minimum absolute atomic E-state index is 0.0483. The van der Waals surface area contributed by atoms with Crippen LogP contribution >= 0.6 is 0 Å². The van der Waals surface area contributed by atoms with Crippen molar-refractivity contribution in [3.63, 3.8) is 0 Å². The fourth-order valence-electron chi connectivity index (χ4n) is 2.89. The number of carboxylic acids is 1. The molecule has 0 spiro atoms. The topological polar surface area (TPSA) is 54.6 Å². The van der Waals surface area contributed by atoms with Gasteiger partial charge in [0.25, 0.3) is 0 Å². The Kier molecular flexibility index (Phi) is 3.90. The van der Waals surface area contributed by atoms with Gasteiger partial charge in [-0.3, -0.25) is 4.79 Å². The first-order valence-corrected chi connectivity index (χ1v) is 7.76. The van der Waals surface area contributed by atoms with Crippen LogP contribution in [-0.4, -0.2) is 20.5 Å².